The van der Waals surface area contributed by atoms with Crippen molar-refractivity contribution in [2.45, 2.75) is 32.2 Å². The number of methoxy groups -OCH3 is 1. The van der Waals surface area contributed by atoms with Crippen LogP contribution in [0.3, 0.4) is 0 Å². The number of hydrogen-bond donors (Lipinski definition) is 1. The summed E-state index contributed by atoms with van der Waals surface area (Å²) in [4.78, 5) is 30.1. The van der Waals surface area contributed by atoms with Gasteiger partial charge in [0, 0.05) is 6.54 Å². The van der Waals surface area contributed by atoms with E-state index in [4.69, 9.17) is 9.47 Å². The van der Waals surface area contributed by atoms with E-state index in [0.29, 0.717) is 36.6 Å². The van der Waals surface area contributed by atoms with Crippen LogP contribution in [0, 0.1) is 0 Å². The lowest BCUT2D eigenvalue weighted by Gasteiger charge is -2.27. The van der Waals surface area contributed by atoms with Gasteiger partial charge in [-0.3, -0.25) is 9.59 Å². The summed E-state index contributed by atoms with van der Waals surface area (Å²) in [5, 5.41) is 10.8. The number of carbonyl (C=O) groups excluding carboxylic acids is 2. The van der Waals surface area contributed by atoms with Crippen LogP contribution in [0.25, 0.3) is 6.08 Å². The molecule has 3 rings (SSSR count). The molecule has 0 spiro atoms. The van der Waals surface area contributed by atoms with Crippen molar-refractivity contribution in [2.75, 3.05) is 40.9 Å². The zero-order chi connectivity index (χ0) is 26.1. The monoisotopic (exact) mass is 492 g/mol. The molecule has 0 fully saturated rings. The molecule has 2 aromatic carbocycles. The Morgan fingerprint density at radius 3 is 2.53 bits per heavy atom. The van der Waals surface area contributed by atoms with E-state index in [2.05, 4.69) is 6.92 Å². The van der Waals surface area contributed by atoms with E-state index < -0.39 is 23.5 Å². The molecule has 1 amide bonds. The minimum Gasteiger partial charge on any atom is -0.503 e. The summed E-state index contributed by atoms with van der Waals surface area (Å²) in [6.45, 7) is 3.82. The number of amides is 1. The second-order valence-electron chi connectivity index (χ2n) is 9.04. The minimum atomic E-state index is -0.730. The van der Waals surface area contributed by atoms with Crippen molar-refractivity contribution < 1.29 is 24.2 Å². The second-order valence-corrected chi connectivity index (χ2v) is 9.04. The third-order valence-corrected chi connectivity index (χ3v) is 6.06. The predicted octanol–water partition coefficient (Wildman–Crippen LogP) is 4.80. The van der Waals surface area contributed by atoms with Crippen molar-refractivity contribution in [3.05, 3.63) is 77.1 Å². The van der Waals surface area contributed by atoms with E-state index >= 15 is 0 Å². The normalized spacial score (nSPS) is 15.9. The molecule has 1 aliphatic rings. The third kappa shape index (κ3) is 6.55. The quantitative estimate of drug-likeness (QED) is 0.320. The number of carbonyl (C=O) groups is 2. The first-order valence-electron chi connectivity index (χ1n) is 12.3. The van der Waals surface area contributed by atoms with Crippen LogP contribution in [0.15, 0.2) is 65.9 Å². The van der Waals surface area contributed by atoms with Gasteiger partial charge in [-0.15, -0.1) is 0 Å². The predicted molar refractivity (Wildman–Crippen MR) is 141 cm³/mol. The lowest BCUT2D eigenvalue weighted by Crippen LogP contribution is -2.33. The maximum absolute atomic E-state index is 13.3. The number of aliphatic hydroxyl groups is 1. The Hall–Kier alpha value is -3.58. The minimum absolute atomic E-state index is 0.0683. The van der Waals surface area contributed by atoms with Crippen LogP contribution in [-0.2, 0) is 9.59 Å². The molecule has 1 aliphatic heterocycles. The summed E-state index contributed by atoms with van der Waals surface area (Å²) < 4.78 is 11.4. The van der Waals surface area contributed by atoms with E-state index in [0.717, 1.165) is 24.9 Å². The molecule has 0 bridgehead atoms. The fourth-order valence-electron chi connectivity index (χ4n) is 4.17. The van der Waals surface area contributed by atoms with Gasteiger partial charge >= 0.3 is 0 Å². The van der Waals surface area contributed by atoms with Gasteiger partial charge in [0.05, 0.1) is 25.3 Å². The highest BCUT2D eigenvalue weighted by molar-refractivity contribution is 6.14. The molecule has 0 saturated heterocycles. The molecular weight excluding hydrogens is 456 g/mol. The van der Waals surface area contributed by atoms with Gasteiger partial charge in [-0.25, -0.2) is 0 Å². The molecule has 0 saturated carbocycles. The molecule has 1 unspecified atom stereocenters. The van der Waals surface area contributed by atoms with Gasteiger partial charge in [0.15, 0.2) is 23.0 Å². The SMILES string of the molecule is CCCCOc1ccc(C2C(C(=O)C=Cc3ccccc3)=C(O)C(=O)N2CCCN(C)C)cc1OC. The lowest BCUT2D eigenvalue weighted by atomic mass is 9.95. The van der Waals surface area contributed by atoms with Crippen molar-refractivity contribution in [2.24, 2.45) is 0 Å². The molecule has 36 heavy (non-hydrogen) atoms. The summed E-state index contributed by atoms with van der Waals surface area (Å²) in [5.41, 5.74) is 1.59. The van der Waals surface area contributed by atoms with E-state index in [-0.39, 0.29) is 5.57 Å². The number of ether oxygens (including phenoxy) is 2. The molecule has 7 heteroatoms. The Balaban J connectivity index is 1.97. The zero-order valence-corrected chi connectivity index (χ0v) is 21.6. The number of ketones is 1. The molecular formula is C29H36N2O5. The van der Waals surface area contributed by atoms with E-state index in [1.54, 1.807) is 30.2 Å². The Morgan fingerprint density at radius 2 is 1.86 bits per heavy atom. The van der Waals surface area contributed by atoms with Crippen LogP contribution in [0.1, 0.15) is 43.4 Å². The van der Waals surface area contributed by atoms with Gasteiger partial charge < -0.3 is 24.4 Å². The Morgan fingerprint density at radius 1 is 1.11 bits per heavy atom. The van der Waals surface area contributed by atoms with Gasteiger partial charge in [-0.2, -0.15) is 0 Å². The van der Waals surface area contributed by atoms with Crippen molar-refractivity contribution in [3.63, 3.8) is 0 Å². The third-order valence-electron chi connectivity index (χ3n) is 6.06. The Bertz CT molecular complexity index is 1110. The van der Waals surface area contributed by atoms with Gasteiger partial charge in [0.1, 0.15) is 0 Å². The molecule has 1 N–H and O–H groups in total. The maximum atomic E-state index is 13.3. The summed E-state index contributed by atoms with van der Waals surface area (Å²) in [5.74, 6) is -0.343. The van der Waals surface area contributed by atoms with Crippen molar-refractivity contribution in [3.8, 4) is 11.5 Å². The number of hydrogen-bond acceptors (Lipinski definition) is 6. The summed E-state index contributed by atoms with van der Waals surface area (Å²) in [7, 11) is 5.48. The molecule has 0 radical (unpaired) electrons. The Labute approximate surface area is 213 Å². The maximum Gasteiger partial charge on any atom is 0.290 e. The van der Waals surface area contributed by atoms with E-state index in [1.165, 1.54) is 6.08 Å². The molecule has 7 nitrogen and oxygen atoms in total. The lowest BCUT2D eigenvalue weighted by molar-refractivity contribution is -0.129. The van der Waals surface area contributed by atoms with Gasteiger partial charge in [-0.1, -0.05) is 55.8 Å². The number of nitrogens with zero attached hydrogens (tertiary/aromatic N) is 2. The highest BCUT2D eigenvalue weighted by Crippen LogP contribution is 2.41. The number of benzene rings is 2. The molecule has 0 aliphatic carbocycles. The highest BCUT2D eigenvalue weighted by atomic mass is 16.5. The highest BCUT2D eigenvalue weighted by Gasteiger charge is 2.42. The first-order chi connectivity index (χ1) is 17.4. The number of allylic oxidation sites excluding steroid dienone is 1. The average Bonchev–Trinajstić information content (AvgIpc) is 3.13. The summed E-state index contributed by atoms with van der Waals surface area (Å²) in [6.07, 6.45) is 5.72. The Kier molecular flexibility index (Phi) is 9.70. The zero-order valence-electron chi connectivity index (χ0n) is 21.6. The largest absolute Gasteiger partial charge is 0.503 e. The molecule has 192 valence electrons. The van der Waals surface area contributed by atoms with Crippen molar-refractivity contribution >= 4 is 17.8 Å². The average molecular weight is 493 g/mol. The van der Waals surface area contributed by atoms with Crippen LogP contribution in [0.4, 0.5) is 0 Å². The number of aliphatic hydroxyl groups excluding tert-OH is 1. The first kappa shape index (κ1) is 27.0. The molecule has 1 heterocycles. The standard InChI is InChI=1S/C29H36N2O5/c1-5-6-19-36-24-16-14-22(20-25(24)35-4)27-26(23(32)15-13-21-11-8-7-9-12-21)28(33)29(34)31(27)18-10-17-30(2)3/h7-9,11-16,20,27,33H,5-6,10,17-19H2,1-4H3. The molecule has 0 aromatic heterocycles. The van der Waals surface area contributed by atoms with Gasteiger partial charge in [0.2, 0.25) is 0 Å². The fraction of sp³-hybridized carbons (Fsp3) is 0.379. The van der Waals surface area contributed by atoms with E-state index in [9.17, 15) is 14.7 Å². The van der Waals surface area contributed by atoms with Crippen LogP contribution in [0.5, 0.6) is 11.5 Å². The van der Waals surface area contributed by atoms with Crippen molar-refractivity contribution in [1.29, 1.82) is 0 Å². The van der Waals surface area contributed by atoms with Crippen LogP contribution >= 0.6 is 0 Å². The van der Waals surface area contributed by atoms with Crippen LogP contribution in [-0.4, -0.2) is 67.5 Å². The fourth-order valence-corrected chi connectivity index (χ4v) is 4.17. The van der Waals surface area contributed by atoms with Crippen LogP contribution in [0.2, 0.25) is 0 Å². The first-order valence-corrected chi connectivity index (χ1v) is 12.3. The number of unbranched alkanes of at least 4 members (excludes halogenated alkanes) is 1. The van der Waals surface area contributed by atoms with Crippen molar-refractivity contribution in [1.82, 2.24) is 9.80 Å². The summed E-state index contributed by atoms with van der Waals surface area (Å²) >= 11 is 0. The molecule has 1 atom stereocenters. The van der Waals surface area contributed by atoms with E-state index in [1.807, 2.05) is 55.4 Å². The van der Waals surface area contributed by atoms with Crippen LogP contribution < -0.4 is 9.47 Å². The van der Waals surface area contributed by atoms with Gasteiger partial charge in [-0.05, 0) is 62.8 Å². The molecule has 2 aromatic rings. The summed E-state index contributed by atoms with van der Waals surface area (Å²) in [6, 6.07) is 14.1. The van der Waals surface area contributed by atoms with Gasteiger partial charge in [0.25, 0.3) is 5.91 Å². The smallest absolute Gasteiger partial charge is 0.290 e. The second kappa shape index (κ2) is 12.9. The topological polar surface area (TPSA) is 79.3 Å². The number of rotatable bonds is 13.